The number of carbonyl (C=O) groups excluding carboxylic acids is 3. The number of piperidine rings is 3. The third kappa shape index (κ3) is 7.90. The number of fused-ring (bicyclic) bond motifs is 2. The zero-order valence-corrected chi connectivity index (χ0v) is 34.4. The second-order valence-corrected chi connectivity index (χ2v) is 18.2. The Morgan fingerprint density at radius 2 is 1.64 bits per heavy atom. The first kappa shape index (κ1) is 39.8. The van der Waals surface area contributed by atoms with Crippen molar-refractivity contribution in [3.05, 3.63) is 59.4 Å². The van der Waals surface area contributed by atoms with Gasteiger partial charge in [-0.25, -0.2) is 23.1 Å². The number of aromatic nitrogens is 4. The van der Waals surface area contributed by atoms with Gasteiger partial charge in [0.2, 0.25) is 11.8 Å². The number of nitrogens with one attached hydrogen (secondary N) is 2. The van der Waals surface area contributed by atoms with Crippen LogP contribution in [0.3, 0.4) is 0 Å². The molecule has 10 rings (SSSR count). The molecule has 5 fully saturated rings. The molecule has 7 heterocycles. The van der Waals surface area contributed by atoms with Crippen molar-refractivity contribution in [3.63, 3.8) is 0 Å². The normalized spacial score (nSPS) is 23.4. The fourth-order valence-electron chi connectivity index (χ4n) is 9.87. The minimum Gasteiger partial charge on any atom is -0.484 e. The molecular formula is C44H51F3N10O4. The zero-order valence-electron chi connectivity index (χ0n) is 34.4. The van der Waals surface area contributed by atoms with Crippen LogP contribution in [-0.4, -0.2) is 135 Å². The van der Waals surface area contributed by atoms with E-state index in [1.54, 1.807) is 18.2 Å². The number of halogens is 3. The van der Waals surface area contributed by atoms with Crippen LogP contribution >= 0.6 is 0 Å². The Hall–Kier alpha value is -5.29. The van der Waals surface area contributed by atoms with Gasteiger partial charge < -0.3 is 24.3 Å². The number of nitrogens with zero attached hydrogens (tertiary/aromatic N) is 8. The lowest BCUT2D eigenvalue weighted by molar-refractivity contribution is -0.136. The molecule has 17 heteroatoms. The minimum atomic E-state index is -1.25. The third-order valence-electron chi connectivity index (χ3n) is 13.9. The number of carbonyl (C=O) groups is 3. The first-order chi connectivity index (χ1) is 29.4. The lowest BCUT2D eigenvalue weighted by Gasteiger charge is -2.43. The molecule has 2 aromatic carbocycles. The average molecular weight is 841 g/mol. The monoisotopic (exact) mass is 840 g/mol. The van der Waals surface area contributed by atoms with E-state index in [0.29, 0.717) is 92.7 Å². The Labute approximate surface area is 351 Å². The summed E-state index contributed by atoms with van der Waals surface area (Å²) in [7, 11) is 0. The van der Waals surface area contributed by atoms with E-state index >= 15 is 8.78 Å². The van der Waals surface area contributed by atoms with Crippen LogP contribution in [0.25, 0.3) is 22.3 Å². The van der Waals surface area contributed by atoms with Gasteiger partial charge in [0.25, 0.3) is 5.91 Å². The molecule has 14 nitrogen and oxygen atoms in total. The van der Waals surface area contributed by atoms with Crippen molar-refractivity contribution in [2.24, 2.45) is 5.92 Å². The van der Waals surface area contributed by atoms with Crippen LogP contribution in [0.4, 0.5) is 24.7 Å². The number of benzene rings is 2. The number of amides is 3. The molecule has 5 aliphatic heterocycles. The molecule has 1 atom stereocenters. The number of alkyl halides is 1. The van der Waals surface area contributed by atoms with Crippen LogP contribution in [0, 0.1) is 17.6 Å². The fraction of sp³-hybridized carbons (Fsp3) is 0.545. The Morgan fingerprint density at radius 1 is 0.869 bits per heavy atom. The van der Waals surface area contributed by atoms with Gasteiger partial charge in [-0.15, -0.1) is 0 Å². The molecule has 322 valence electrons. The van der Waals surface area contributed by atoms with Gasteiger partial charge >= 0.3 is 0 Å². The number of likely N-dealkylation sites (tertiary alicyclic amines) is 1. The van der Waals surface area contributed by atoms with Crippen molar-refractivity contribution in [3.8, 4) is 17.1 Å². The van der Waals surface area contributed by atoms with Crippen LogP contribution in [0.1, 0.15) is 74.2 Å². The van der Waals surface area contributed by atoms with Gasteiger partial charge in [-0.3, -0.25) is 29.7 Å². The van der Waals surface area contributed by atoms with Crippen LogP contribution in [0.5, 0.6) is 5.75 Å². The first-order valence-corrected chi connectivity index (χ1v) is 21.7. The Kier molecular flexibility index (Phi) is 10.2. The van der Waals surface area contributed by atoms with Crippen molar-refractivity contribution in [2.75, 3.05) is 75.2 Å². The highest BCUT2D eigenvalue weighted by molar-refractivity contribution is 6.05. The molecule has 0 radical (unpaired) electrons. The number of ether oxygens (including phenoxy) is 1. The molecule has 1 aliphatic carbocycles. The van der Waals surface area contributed by atoms with Gasteiger partial charge in [-0.2, -0.15) is 5.10 Å². The van der Waals surface area contributed by atoms with Gasteiger partial charge in [0.1, 0.15) is 35.2 Å². The maximum Gasteiger partial charge on any atom is 0.255 e. The number of rotatable bonds is 10. The van der Waals surface area contributed by atoms with E-state index in [1.165, 1.54) is 17.3 Å². The lowest BCUT2D eigenvalue weighted by atomic mass is 9.90. The molecule has 4 saturated heterocycles. The van der Waals surface area contributed by atoms with Crippen molar-refractivity contribution in [1.29, 1.82) is 0 Å². The van der Waals surface area contributed by atoms with Gasteiger partial charge in [-0.1, -0.05) is 0 Å². The number of piperazine rings is 1. The van der Waals surface area contributed by atoms with Crippen LogP contribution in [-0.2, 0) is 16.1 Å². The molecule has 2 N–H and O–H groups in total. The lowest BCUT2D eigenvalue weighted by Crippen LogP contribution is -2.54. The molecular weight excluding hydrogens is 790 g/mol. The molecule has 1 saturated carbocycles. The average Bonchev–Trinajstić information content (AvgIpc) is 3.69. The Balaban J connectivity index is 0.683. The van der Waals surface area contributed by atoms with E-state index < -0.39 is 29.3 Å². The van der Waals surface area contributed by atoms with Gasteiger partial charge in [0, 0.05) is 101 Å². The van der Waals surface area contributed by atoms with Crippen LogP contribution in [0.15, 0.2) is 36.7 Å². The van der Waals surface area contributed by atoms with Gasteiger partial charge in [0.15, 0.2) is 17.4 Å². The van der Waals surface area contributed by atoms with Crippen molar-refractivity contribution < 1.29 is 32.3 Å². The summed E-state index contributed by atoms with van der Waals surface area (Å²) in [6.07, 6.45) is 6.46. The maximum absolute atomic E-state index is 16.3. The summed E-state index contributed by atoms with van der Waals surface area (Å²) in [6.45, 7) is 8.92. The topological polar surface area (TPSA) is 143 Å². The van der Waals surface area contributed by atoms with Crippen molar-refractivity contribution in [1.82, 2.24) is 40.2 Å². The molecule has 4 aromatic rings. The number of anilines is 2. The number of hydrogen-bond acceptors (Lipinski definition) is 11. The molecule has 1 unspecified atom stereocenters. The SMILES string of the molecule is CC1(Oc2cc3c(-c4cc(N5CCN(CC6(F)CCN(CC7CCN(c8ccc9c(c8F)CN(C8CCC(=O)NC8=O)C9=O)CC7)CC6)CC5)ncn4)n[nH]c3cc2F)CC1. The van der Waals surface area contributed by atoms with E-state index in [4.69, 9.17) is 4.74 Å². The van der Waals surface area contributed by atoms with Crippen LogP contribution < -0.4 is 19.9 Å². The molecule has 6 aliphatic rings. The predicted octanol–water partition coefficient (Wildman–Crippen LogP) is 4.83. The van der Waals surface area contributed by atoms with Crippen molar-refractivity contribution in [2.45, 2.75) is 82.1 Å². The molecule has 0 bridgehead atoms. The molecule has 0 spiro atoms. The van der Waals surface area contributed by atoms with Crippen LogP contribution in [0.2, 0.25) is 0 Å². The van der Waals surface area contributed by atoms with E-state index in [2.05, 4.69) is 40.2 Å². The number of aromatic amines is 1. The maximum atomic E-state index is 16.3. The number of H-pyrrole nitrogens is 1. The van der Waals surface area contributed by atoms with Crippen molar-refractivity contribution >= 4 is 40.1 Å². The highest BCUT2D eigenvalue weighted by Crippen LogP contribution is 2.42. The summed E-state index contributed by atoms with van der Waals surface area (Å²) in [4.78, 5) is 56.5. The highest BCUT2D eigenvalue weighted by Gasteiger charge is 2.43. The second-order valence-electron chi connectivity index (χ2n) is 18.2. The Bertz CT molecular complexity index is 2370. The third-order valence-corrected chi connectivity index (χ3v) is 13.9. The Morgan fingerprint density at radius 3 is 2.38 bits per heavy atom. The number of hydrogen-bond donors (Lipinski definition) is 2. The smallest absolute Gasteiger partial charge is 0.255 e. The summed E-state index contributed by atoms with van der Waals surface area (Å²) >= 11 is 0. The summed E-state index contributed by atoms with van der Waals surface area (Å²) in [5, 5.41) is 10.4. The standard InChI is InChI=1S/C44H51F3N10O4/c1-43(8-9-43)61-36-20-29-32(21-31(36)45)51-52-40(29)33-22-37(49-26-48-33)56-18-16-54(17-19-56)25-44(47)10-14-53(15-11-44)23-27-6-12-55(13-7-27)34-3-2-28-30(39(34)46)24-57(42(28)60)35-4-5-38(58)50-41(35)59/h2-3,20-22,26-27,35H,4-19,23-25H2,1H3,(H,51,52)(H,50,58,59). The summed E-state index contributed by atoms with van der Waals surface area (Å²) in [5.41, 5.74) is 1.29. The van der Waals surface area contributed by atoms with E-state index in [9.17, 15) is 18.8 Å². The summed E-state index contributed by atoms with van der Waals surface area (Å²) in [5.74, 6) is -0.683. The number of imide groups is 1. The summed E-state index contributed by atoms with van der Waals surface area (Å²) in [6, 6.07) is 7.57. The highest BCUT2D eigenvalue weighted by atomic mass is 19.1. The quantitative estimate of drug-likeness (QED) is 0.212. The van der Waals surface area contributed by atoms with E-state index in [1.807, 2.05) is 17.9 Å². The minimum absolute atomic E-state index is 0.00955. The predicted molar refractivity (Wildman–Crippen MR) is 221 cm³/mol. The fourth-order valence-corrected chi connectivity index (χ4v) is 9.87. The second kappa shape index (κ2) is 15.6. The first-order valence-electron chi connectivity index (χ1n) is 21.7. The molecule has 3 amide bonds. The van der Waals surface area contributed by atoms with E-state index in [-0.39, 0.29) is 48.1 Å². The summed E-state index contributed by atoms with van der Waals surface area (Å²) < 4.78 is 53.0. The zero-order chi connectivity index (χ0) is 42.0. The van der Waals surface area contributed by atoms with Gasteiger partial charge in [-0.05, 0) is 76.0 Å². The molecule has 2 aromatic heterocycles. The largest absolute Gasteiger partial charge is 0.484 e. The molecule has 61 heavy (non-hydrogen) atoms. The van der Waals surface area contributed by atoms with Gasteiger partial charge in [0.05, 0.1) is 23.4 Å². The van der Waals surface area contributed by atoms with E-state index in [0.717, 1.165) is 56.5 Å².